The first-order valence-corrected chi connectivity index (χ1v) is 6.39. The quantitative estimate of drug-likeness (QED) is 0.803. The zero-order valence-electron chi connectivity index (χ0n) is 9.77. The minimum Gasteiger partial charge on any atom is -0.481 e. The third-order valence-corrected chi connectivity index (χ3v) is 3.50. The molecule has 3 N–H and O–H groups in total. The van der Waals surface area contributed by atoms with Crippen LogP contribution in [0, 0.1) is 11.3 Å². The summed E-state index contributed by atoms with van der Waals surface area (Å²) in [6.45, 7) is 4.25. The number of carboxylic acid groups (broad SMARTS) is 1. The molecule has 0 fully saturated rings. The van der Waals surface area contributed by atoms with Crippen molar-refractivity contribution in [1.82, 2.24) is 0 Å². The van der Waals surface area contributed by atoms with Gasteiger partial charge in [0, 0.05) is 6.54 Å². The smallest absolute Gasteiger partial charge is 0.311 e. The highest BCUT2D eigenvalue weighted by molar-refractivity contribution is 7.07. The first-order chi connectivity index (χ1) is 7.50. The molecule has 90 valence electrons. The number of hydrogen-bond acceptors (Lipinski definition) is 3. The molecule has 0 bridgehead atoms. The highest BCUT2D eigenvalue weighted by atomic mass is 32.1. The maximum absolute atomic E-state index is 11.4. The van der Waals surface area contributed by atoms with Crippen molar-refractivity contribution in [2.75, 3.05) is 6.54 Å². The van der Waals surface area contributed by atoms with E-state index in [1.807, 2.05) is 30.7 Å². The average Bonchev–Trinajstić information content (AvgIpc) is 2.68. The van der Waals surface area contributed by atoms with Crippen LogP contribution in [0.1, 0.15) is 25.8 Å². The fraction of sp³-hybridized carbons (Fsp3) is 0.583. The van der Waals surface area contributed by atoms with Crippen molar-refractivity contribution in [3.63, 3.8) is 0 Å². The lowest BCUT2D eigenvalue weighted by Crippen LogP contribution is -2.41. The molecule has 0 radical (unpaired) electrons. The predicted octanol–water partition coefficient (Wildman–Crippen LogP) is 2.37. The summed E-state index contributed by atoms with van der Waals surface area (Å²) in [5.74, 6) is -0.451. The van der Waals surface area contributed by atoms with E-state index in [1.54, 1.807) is 11.3 Å². The average molecular weight is 241 g/mol. The first kappa shape index (κ1) is 13.2. The normalized spacial score (nSPS) is 15.0. The minimum atomic E-state index is -0.810. The second-order valence-corrected chi connectivity index (χ2v) is 5.48. The molecule has 1 heterocycles. The summed E-state index contributed by atoms with van der Waals surface area (Å²) in [5.41, 5.74) is 5.95. The van der Waals surface area contributed by atoms with Crippen LogP contribution in [0.5, 0.6) is 0 Å². The van der Waals surface area contributed by atoms with Crippen LogP contribution in [-0.2, 0) is 11.2 Å². The minimum absolute atomic E-state index is 0.191. The van der Waals surface area contributed by atoms with Gasteiger partial charge in [-0.05, 0) is 41.1 Å². The van der Waals surface area contributed by atoms with Crippen molar-refractivity contribution in [1.29, 1.82) is 0 Å². The van der Waals surface area contributed by atoms with Gasteiger partial charge in [-0.3, -0.25) is 4.79 Å². The molecule has 0 amide bonds. The fourth-order valence-corrected chi connectivity index (χ4v) is 2.71. The second-order valence-electron chi connectivity index (χ2n) is 4.70. The zero-order chi connectivity index (χ0) is 12.2. The highest BCUT2D eigenvalue weighted by Crippen LogP contribution is 2.31. The summed E-state index contributed by atoms with van der Waals surface area (Å²) in [6, 6.07) is 1.97. The van der Waals surface area contributed by atoms with E-state index in [1.165, 1.54) is 0 Å². The van der Waals surface area contributed by atoms with Crippen LogP contribution in [-0.4, -0.2) is 17.6 Å². The molecule has 0 aliphatic rings. The van der Waals surface area contributed by atoms with Gasteiger partial charge < -0.3 is 10.8 Å². The van der Waals surface area contributed by atoms with E-state index in [0.717, 1.165) is 5.56 Å². The topological polar surface area (TPSA) is 63.3 Å². The molecule has 16 heavy (non-hydrogen) atoms. The molecular formula is C12H19NO2S. The molecule has 3 nitrogen and oxygen atoms in total. The van der Waals surface area contributed by atoms with Gasteiger partial charge in [-0.15, -0.1) is 0 Å². The maximum atomic E-state index is 11.4. The Morgan fingerprint density at radius 1 is 1.62 bits per heavy atom. The maximum Gasteiger partial charge on any atom is 0.311 e. The molecular weight excluding hydrogens is 222 g/mol. The monoisotopic (exact) mass is 241 g/mol. The van der Waals surface area contributed by atoms with Crippen LogP contribution >= 0.6 is 11.3 Å². The van der Waals surface area contributed by atoms with E-state index in [9.17, 15) is 9.90 Å². The van der Waals surface area contributed by atoms with Crippen molar-refractivity contribution in [2.24, 2.45) is 17.1 Å². The molecule has 1 unspecified atom stereocenters. The number of aliphatic carboxylic acids is 1. The van der Waals surface area contributed by atoms with Crippen molar-refractivity contribution < 1.29 is 9.90 Å². The summed E-state index contributed by atoms with van der Waals surface area (Å²) in [7, 11) is 0. The van der Waals surface area contributed by atoms with Crippen LogP contribution in [0.4, 0.5) is 0 Å². The van der Waals surface area contributed by atoms with Gasteiger partial charge in [-0.1, -0.05) is 13.8 Å². The van der Waals surface area contributed by atoms with E-state index >= 15 is 0 Å². The summed E-state index contributed by atoms with van der Waals surface area (Å²) in [5, 5.41) is 13.4. The lowest BCUT2D eigenvalue weighted by atomic mass is 9.76. The summed E-state index contributed by atoms with van der Waals surface area (Å²) >= 11 is 1.59. The van der Waals surface area contributed by atoms with Crippen LogP contribution in [0.15, 0.2) is 16.8 Å². The number of hydrogen-bond donors (Lipinski definition) is 2. The SMILES string of the molecule is CC(C)CC(CN)(Cc1ccsc1)C(=O)O. The predicted molar refractivity (Wildman–Crippen MR) is 66.6 cm³/mol. The van der Waals surface area contributed by atoms with E-state index in [0.29, 0.717) is 18.8 Å². The first-order valence-electron chi connectivity index (χ1n) is 5.45. The van der Waals surface area contributed by atoms with Gasteiger partial charge in [0.05, 0.1) is 5.41 Å². The molecule has 0 aliphatic carbocycles. The molecule has 0 saturated heterocycles. The van der Waals surface area contributed by atoms with Crippen molar-refractivity contribution in [2.45, 2.75) is 26.7 Å². The third-order valence-electron chi connectivity index (χ3n) is 2.77. The second kappa shape index (κ2) is 5.46. The van der Waals surface area contributed by atoms with Gasteiger partial charge in [0.2, 0.25) is 0 Å². The van der Waals surface area contributed by atoms with E-state index in [-0.39, 0.29) is 6.54 Å². The Hall–Kier alpha value is -0.870. The van der Waals surface area contributed by atoms with E-state index in [4.69, 9.17) is 5.73 Å². The Morgan fingerprint density at radius 2 is 2.31 bits per heavy atom. The summed E-state index contributed by atoms with van der Waals surface area (Å²) in [4.78, 5) is 11.4. The molecule has 4 heteroatoms. The van der Waals surface area contributed by atoms with Gasteiger partial charge in [-0.25, -0.2) is 0 Å². The van der Waals surface area contributed by atoms with Crippen LogP contribution in [0.25, 0.3) is 0 Å². The number of carboxylic acids is 1. The summed E-state index contributed by atoms with van der Waals surface area (Å²) in [6.07, 6.45) is 1.15. The Balaban J connectivity index is 2.89. The number of carbonyl (C=O) groups is 1. The van der Waals surface area contributed by atoms with Gasteiger partial charge in [-0.2, -0.15) is 11.3 Å². The Kier molecular flexibility index (Phi) is 4.50. The van der Waals surface area contributed by atoms with Crippen LogP contribution in [0.3, 0.4) is 0 Å². The molecule has 1 aromatic rings. The van der Waals surface area contributed by atoms with E-state index < -0.39 is 11.4 Å². The molecule has 1 rings (SSSR count). The molecule has 0 spiro atoms. The van der Waals surface area contributed by atoms with Crippen molar-refractivity contribution in [3.8, 4) is 0 Å². The Labute approximate surface area is 100 Å². The van der Waals surface area contributed by atoms with Gasteiger partial charge in [0.15, 0.2) is 0 Å². The zero-order valence-corrected chi connectivity index (χ0v) is 10.6. The lowest BCUT2D eigenvalue weighted by Gasteiger charge is -2.29. The van der Waals surface area contributed by atoms with Gasteiger partial charge in [0.25, 0.3) is 0 Å². The summed E-state index contributed by atoms with van der Waals surface area (Å²) < 4.78 is 0. The lowest BCUT2D eigenvalue weighted by molar-refractivity contribution is -0.149. The van der Waals surface area contributed by atoms with Crippen molar-refractivity contribution >= 4 is 17.3 Å². The number of nitrogens with two attached hydrogens (primary N) is 1. The van der Waals surface area contributed by atoms with Crippen molar-refractivity contribution in [3.05, 3.63) is 22.4 Å². The van der Waals surface area contributed by atoms with E-state index in [2.05, 4.69) is 0 Å². The molecule has 0 saturated carbocycles. The number of rotatable bonds is 6. The van der Waals surface area contributed by atoms with Gasteiger partial charge in [0.1, 0.15) is 0 Å². The Morgan fingerprint density at radius 3 is 2.69 bits per heavy atom. The largest absolute Gasteiger partial charge is 0.481 e. The highest BCUT2D eigenvalue weighted by Gasteiger charge is 2.37. The third kappa shape index (κ3) is 3.06. The fourth-order valence-electron chi connectivity index (χ4n) is 2.04. The molecule has 0 aromatic carbocycles. The van der Waals surface area contributed by atoms with Crippen LogP contribution in [0.2, 0.25) is 0 Å². The van der Waals surface area contributed by atoms with Gasteiger partial charge >= 0.3 is 5.97 Å². The number of thiophene rings is 1. The molecule has 0 aliphatic heterocycles. The molecule has 1 atom stereocenters. The molecule has 1 aromatic heterocycles. The Bertz CT molecular complexity index is 335. The standard InChI is InChI=1S/C12H19NO2S/c1-9(2)5-12(8-13,11(14)15)6-10-3-4-16-7-10/h3-4,7,9H,5-6,8,13H2,1-2H3,(H,14,15). The van der Waals surface area contributed by atoms with Crippen LogP contribution < -0.4 is 5.73 Å².